The molecule has 0 spiro atoms. The molecule has 9 heteroatoms. The van der Waals surface area contributed by atoms with Gasteiger partial charge in [-0.1, -0.05) is 0 Å². The fourth-order valence-corrected chi connectivity index (χ4v) is 2.99. The fourth-order valence-electron chi connectivity index (χ4n) is 2.99. The summed E-state index contributed by atoms with van der Waals surface area (Å²) in [6.07, 6.45) is 1.52. The van der Waals surface area contributed by atoms with E-state index in [0.29, 0.717) is 35.7 Å². The monoisotopic (exact) mass is 426 g/mol. The smallest absolute Gasteiger partial charge is 0.221 e. The van der Waals surface area contributed by atoms with Crippen LogP contribution in [0.1, 0.15) is 11.1 Å². The van der Waals surface area contributed by atoms with Crippen LogP contribution in [0.5, 0.6) is 0 Å². The molecule has 31 heavy (non-hydrogen) atoms. The van der Waals surface area contributed by atoms with Crippen LogP contribution in [0.2, 0.25) is 0 Å². The van der Waals surface area contributed by atoms with Crippen LogP contribution in [0, 0.1) is 11.6 Å². The lowest BCUT2D eigenvalue weighted by molar-refractivity contribution is -0.117. The molecular weight excluding hydrogens is 402 g/mol. The number of carbonyl (C=O) groups excluding carboxylic acids is 1. The van der Waals surface area contributed by atoms with Gasteiger partial charge in [0.2, 0.25) is 5.91 Å². The lowest BCUT2D eigenvalue weighted by Gasteiger charge is -2.14. The van der Waals surface area contributed by atoms with Crippen molar-refractivity contribution in [2.75, 3.05) is 29.0 Å². The van der Waals surface area contributed by atoms with Crippen molar-refractivity contribution < 1.29 is 13.6 Å². The second-order valence-electron chi connectivity index (χ2n) is 6.92. The largest absolute Gasteiger partial charge is 0.384 e. The van der Waals surface area contributed by atoms with Gasteiger partial charge in [-0.25, -0.2) is 13.8 Å². The van der Waals surface area contributed by atoms with Gasteiger partial charge in [0.05, 0.1) is 6.42 Å². The van der Waals surface area contributed by atoms with E-state index in [9.17, 15) is 13.6 Å². The zero-order chi connectivity index (χ0) is 22.2. The van der Waals surface area contributed by atoms with E-state index in [1.807, 2.05) is 24.3 Å². The Bertz CT molecular complexity index is 1020. The minimum Gasteiger partial charge on any atom is -0.384 e. The van der Waals surface area contributed by atoms with Gasteiger partial charge in [0.1, 0.15) is 17.5 Å². The number of hydrogen-bond acceptors (Lipinski definition) is 6. The molecule has 0 bridgehead atoms. The number of pyridine rings is 1. The normalized spacial score (nSPS) is 10.5. The van der Waals surface area contributed by atoms with Crippen molar-refractivity contribution in [3.63, 3.8) is 0 Å². The summed E-state index contributed by atoms with van der Waals surface area (Å²) in [7, 11) is 0. The summed E-state index contributed by atoms with van der Waals surface area (Å²) in [6.45, 7) is 1.38. The summed E-state index contributed by atoms with van der Waals surface area (Å²) in [5.41, 5.74) is 14.2. The molecule has 2 aromatic carbocycles. The first-order valence-electron chi connectivity index (χ1n) is 9.70. The minimum atomic E-state index is -0.657. The van der Waals surface area contributed by atoms with Crippen LogP contribution >= 0.6 is 0 Å². The Morgan fingerprint density at radius 1 is 0.968 bits per heavy atom. The lowest BCUT2D eigenvalue weighted by Crippen LogP contribution is -2.15. The standard InChI is InChI=1S/C22H24F2N6O/c23-16-7-14(8-17(24)10-16)12-28-20-11-22(29-13-15(20)9-21(26)31)30-19-3-1-18(2-4-19)27-6-5-25/h1-4,7-8,10-11,13,27H,5-6,9,12,25H2,(H2,26,31)(H2,28,29,30). The summed E-state index contributed by atoms with van der Waals surface area (Å²) in [5, 5.41) is 9.47. The highest BCUT2D eigenvalue weighted by molar-refractivity contribution is 5.79. The van der Waals surface area contributed by atoms with Gasteiger partial charge in [-0.3, -0.25) is 4.79 Å². The number of rotatable bonds is 10. The molecule has 0 fully saturated rings. The Morgan fingerprint density at radius 3 is 2.29 bits per heavy atom. The number of aromatic nitrogens is 1. The number of carbonyl (C=O) groups is 1. The van der Waals surface area contributed by atoms with Gasteiger partial charge in [-0.15, -0.1) is 0 Å². The first-order valence-corrected chi connectivity index (χ1v) is 9.70. The van der Waals surface area contributed by atoms with Crippen LogP contribution in [0.25, 0.3) is 0 Å². The molecule has 1 amide bonds. The third-order valence-corrected chi connectivity index (χ3v) is 4.39. The molecule has 162 valence electrons. The van der Waals surface area contributed by atoms with Gasteiger partial charge in [0, 0.05) is 60.6 Å². The zero-order valence-corrected chi connectivity index (χ0v) is 16.8. The summed E-state index contributed by atoms with van der Waals surface area (Å²) >= 11 is 0. The number of benzene rings is 2. The molecule has 3 rings (SSSR count). The predicted molar refractivity (Wildman–Crippen MR) is 118 cm³/mol. The molecule has 1 heterocycles. The molecule has 0 aliphatic heterocycles. The number of nitrogens with one attached hydrogen (secondary N) is 3. The van der Waals surface area contributed by atoms with Gasteiger partial charge in [0.15, 0.2) is 0 Å². The van der Waals surface area contributed by atoms with Crippen LogP contribution in [-0.2, 0) is 17.8 Å². The van der Waals surface area contributed by atoms with Gasteiger partial charge < -0.3 is 27.4 Å². The first kappa shape index (κ1) is 22.0. The number of anilines is 4. The number of halogens is 2. The Hall–Kier alpha value is -3.72. The second kappa shape index (κ2) is 10.4. The molecule has 0 aliphatic rings. The van der Waals surface area contributed by atoms with E-state index in [1.165, 1.54) is 12.1 Å². The minimum absolute atomic E-state index is 0.0192. The number of nitrogens with zero attached hydrogens (tertiary/aromatic N) is 1. The molecule has 1 aromatic heterocycles. The van der Waals surface area contributed by atoms with Crippen molar-refractivity contribution in [2.24, 2.45) is 11.5 Å². The SMILES string of the molecule is NCCNc1ccc(Nc2cc(NCc3cc(F)cc(F)c3)c(CC(N)=O)cn2)cc1. The average Bonchev–Trinajstić information content (AvgIpc) is 2.72. The molecule has 0 unspecified atom stereocenters. The highest BCUT2D eigenvalue weighted by atomic mass is 19.1. The van der Waals surface area contributed by atoms with Crippen molar-refractivity contribution in [3.05, 3.63) is 77.5 Å². The van der Waals surface area contributed by atoms with E-state index in [2.05, 4.69) is 20.9 Å². The quantitative estimate of drug-likeness (QED) is 0.340. The lowest BCUT2D eigenvalue weighted by atomic mass is 10.1. The zero-order valence-electron chi connectivity index (χ0n) is 16.8. The average molecular weight is 426 g/mol. The molecule has 0 aliphatic carbocycles. The third-order valence-electron chi connectivity index (χ3n) is 4.39. The molecule has 0 radical (unpaired) electrons. The van der Waals surface area contributed by atoms with E-state index < -0.39 is 17.5 Å². The van der Waals surface area contributed by atoms with E-state index >= 15 is 0 Å². The highest BCUT2D eigenvalue weighted by Crippen LogP contribution is 2.24. The van der Waals surface area contributed by atoms with E-state index in [-0.39, 0.29) is 13.0 Å². The van der Waals surface area contributed by atoms with Gasteiger partial charge >= 0.3 is 0 Å². The molecule has 0 saturated carbocycles. The van der Waals surface area contributed by atoms with Crippen molar-refractivity contribution in [3.8, 4) is 0 Å². The summed E-state index contributed by atoms with van der Waals surface area (Å²) < 4.78 is 26.9. The van der Waals surface area contributed by atoms with Crippen LogP contribution < -0.4 is 27.4 Å². The van der Waals surface area contributed by atoms with Crippen LogP contribution in [0.15, 0.2) is 54.7 Å². The number of hydrogen-bond donors (Lipinski definition) is 5. The Labute approximate surface area is 178 Å². The third kappa shape index (κ3) is 6.65. The number of nitrogens with two attached hydrogens (primary N) is 2. The van der Waals surface area contributed by atoms with Crippen LogP contribution in [0.4, 0.5) is 31.7 Å². The van der Waals surface area contributed by atoms with Crippen molar-refractivity contribution >= 4 is 28.8 Å². The van der Waals surface area contributed by atoms with Gasteiger partial charge in [-0.05, 0) is 42.0 Å². The second-order valence-corrected chi connectivity index (χ2v) is 6.92. The van der Waals surface area contributed by atoms with Gasteiger partial charge in [0.25, 0.3) is 0 Å². The molecule has 0 atom stereocenters. The molecule has 7 N–H and O–H groups in total. The number of primary amides is 1. The topological polar surface area (TPSA) is 118 Å². The molecule has 0 saturated heterocycles. The van der Waals surface area contributed by atoms with E-state index in [1.54, 1.807) is 12.3 Å². The van der Waals surface area contributed by atoms with E-state index in [0.717, 1.165) is 17.4 Å². The van der Waals surface area contributed by atoms with Crippen LogP contribution in [-0.4, -0.2) is 24.0 Å². The summed E-state index contributed by atoms with van der Waals surface area (Å²) in [4.78, 5) is 15.7. The number of amides is 1. The summed E-state index contributed by atoms with van der Waals surface area (Å²) in [5.74, 6) is -1.29. The Morgan fingerprint density at radius 2 is 1.65 bits per heavy atom. The highest BCUT2D eigenvalue weighted by Gasteiger charge is 2.10. The first-order chi connectivity index (χ1) is 14.9. The maximum absolute atomic E-state index is 13.4. The Kier molecular flexibility index (Phi) is 7.34. The van der Waals surface area contributed by atoms with Crippen molar-refractivity contribution in [1.29, 1.82) is 0 Å². The Balaban J connectivity index is 1.76. The van der Waals surface area contributed by atoms with Crippen molar-refractivity contribution in [2.45, 2.75) is 13.0 Å². The maximum Gasteiger partial charge on any atom is 0.221 e. The molecular formula is C22H24F2N6O. The maximum atomic E-state index is 13.4. The predicted octanol–water partition coefficient (Wildman–Crippen LogP) is 3.11. The van der Waals surface area contributed by atoms with Crippen molar-refractivity contribution in [1.82, 2.24) is 4.98 Å². The molecule has 3 aromatic rings. The molecule has 7 nitrogen and oxygen atoms in total. The summed E-state index contributed by atoms with van der Waals surface area (Å²) in [6, 6.07) is 12.6. The fraction of sp³-hybridized carbons (Fsp3) is 0.182. The van der Waals surface area contributed by atoms with Crippen LogP contribution in [0.3, 0.4) is 0 Å². The van der Waals surface area contributed by atoms with E-state index in [4.69, 9.17) is 11.5 Å². The van der Waals surface area contributed by atoms with Gasteiger partial charge in [-0.2, -0.15) is 0 Å².